The number of hydrogen-bond donors (Lipinski definition) is 1. The summed E-state index contributed by atoms with van der Waals surface area (Å²) in [5.74, 6) is -1.53. The van der Waals surface area contributed by atoms with Crippen LogP contribution in [0.25, 0.3) is 0 Å². The fourth-order valence-corrected chi connectivity index (χ4v) is 4.18. The Labute approximate surface area is 141 Å². The highest BCUT2D eigenvalue weighted by atomic mass is 16.2. The zero-order valence-corrected chi connectivity index (χ0v) is 14.4. The number of rotatable bonds is 2. The van der Waals surface area contributed by atoms with Crippen molar-refractivity contribution >= 4 is 17.7 Å². The highest BCUT2D eigenvalue weighted by Crippen LogP contribution is 2.35. The van der Waals surface area contributed by atoms with E-state index in [4.69, 9.17) is 5.73 Å². The van der Waals surface area contributed by atoms with Crippen LogP contribution in [0.3, 0.4) is 0 Å². The van der Waals surface area contributed by atoms with Crippen molar-refractivity contribution in [3.63, 3.8) is 0 Å². The summed E-state index contributed by atoms with van der Waals surface area (Å²) >= 11 is 0. The van der Waals surface area contributed by atoms with E-state index < -0.39 is 5.91 Å². The van der Waals surface area contributed by atoms with E-state index in [1.165, 1.54) is 23.1 Å². The molecule has 24 heavy (non-hydrogen) atoms. The van der Waals surface area contributed by atoms with Gasteiger partial charge in [-0.2, -0.15) is 0 Å². The molecule has 0 aromatic heterocycles. The Kier molecular flexibility index (Phi) is 3.57. The molecule has 2 heterocycles. The van der Waals surface area contributed by atoms with Crippen molar-refractivity contribution in [3.8, 4) is 0 Å². The second-order valence-corrected chi connectivity index (χ2v) is 8.02. The number of amides is 3. The lowest BCUT2D eigenvalue weighted by Gasteiger charge is -2.48. The number of nitrogens with zero attached hydrogens (tertiary/aromatic N) is 1. The fourth-order valence-electron chi connectivity index (χ4n) is 4.18. The largest absolute Gasteiger partial charge is 0.307 e. The van der Waals surface area contributed by atoms with Crippen LogP contribution in [0.4, 0.5) is 0 Å². The molecule has 1 aromatic carbocycles. The third-order valence-electron chi connectivity index (χ3n) is 4.71. The maximum Gasteiger partial charge on any atom is 0.269 e. The first-order valence-electron chi connectivity index (χ1n) is 8.08. The predicted molar refractivity (Wildman–Crippen MR) is 88.7 cm³/mol. The summed E-state index contributed by atoms with van der Waals surface area (Å²) in [4.78, 5) is 38.2. The van der Waals surface area contributed by atoms with Gasteiger partial charge in [-0.15, -0.1) is 0 Å². The van der Waals surface area contributed by atoms with Gasteiger partial charge in [-0.05, 0) is 58.7 Å². The Morgan fingerprint density at radius 1 is 1.08 bits per heavy atom. The number of benzene rings is 1. The molecule has 0 bridgehead atoms. The zero-order valence-electron chi connectivity index (χ0n) is 14.4. The van der Waals surface area contributed by atoms with E-state index in [1.54, 1.807) is 0 Å². The van der Waals surface area contributed by atoms with Gasteiger partial charge < -0.3 is 5.32 Å². The smallest absolute Gasteiger partial charge is 0.269 e. The molecule has 2 aliphatic heterocycles. The maximum atomic E-state index is 12.8. The average Bonchev–Trinajstić information content (AvgIpc) is 2.67. The van der Waals surface area contributed by atoms with Gasteiger partial charge in [0, 0.05) is 22.7 Å². The topological polar surface area (TPSA) is 90.3 Å². The van der Waals surface area contributed by atoms with E-state index in [-0.39, 0.29) is 40.1 Å². The van der Waals surface area contributed by atoms with Crippen molar-refractivity contribution in [2.45, 2.75) is 57.7 Å². The summed E-state index contributed by atoms with van der Waals surface area (Å²) in [6, 6.07) is 4.08. The molecule has 127 valence electrons. The molecule has 1 aromatic rings. The molecule has 0 aliphatic carbocycles. The van der Waals surface area contributed by atoms with Crippen molar-refractivity contribution < 1.29 is 14.4 Å². The number of nitrogens with one attached hydrogen (secondary N) is 2. The highest BCUT2D eigenvalue weighted by molar-refractivity contribution is 6.22. The van der Waals surface area contributed by atoms with Gasteiger partial charge in [0.15, 0.2) is 0 Å². The van der Waals surface area contributed by atoms with Crippen LogP contribution in [0.2, 0.25) is 0 Å². The molecule has 2 N–H and O–H groups in total. The maximum absolute atomic E-state index is 12.8. The molecule has 1 saturated heterocycles. The van der Waals surface area contributed by atoms with Crippen LogP contribution >= 0.6 is 0 Å². The minimum Gasteiger partial charge on any atom is -0.307 e. The lowest BCUT2D eigenvalue weighted by Crippen LogP contribution is -2.62. The van der Waals surface area contributed by atoms with Crippen molar-refractivity contribution in [1.82, 2.24) is 16.0 Å². The summed E-state index contributed by atoms with van der Waals surface area (Å²) < 4.78 is 0. The summed E-state index contributed by atoms with van der Waals surface area (Å²) in [7, 11) is 0. The average molecular weight is 328 g/mol. The first kappa shape index (κ1) is 16.6. The quantitative estimate of drug-likeness (QED) is 0.841. The molecule has 0 saturated carbocycles. The molecule has 1 fully saturated rings. The van der Waals surface area contributed by atoms with Gasteiger partial charge in [-0.3, -0.25) is 25.0 Å². The number of carbonyl (C=O) groups excluding carboxylic acids is 3. The van der Waals surface area contributed by atoms with E-state index in [1.807, 2.05) is 0 Å². The van der Waals surface area contributed by atoms with E-state index in [0.29, 0.717) is 18.4 Å². The molecule has 0 atom stereocenters. The predicted octanol–water partition coefficient (Wildman–Crippen LogP) is 2.01. The standard InChI is InChI=1S/C18H22N3O3/c1-17(2)8-11(9-18(3,4)20-17)21-15(23)12-6-5-10(14(19)22)7-13(12)16(21)24/h5-7,11,19-20H,8-9H2,1-4H3. The van der Waals surface area contributed by atoms with Gasteiger partial charge in [0.1, 0.15) is 0 Å². The van der Waals surface area contributed by atoms with Crippen LogP contribution in [0.15, 0.2) is 18.2 Å². The van der Waals surface area contributed by atoms with Crippen LogP contribution in [-0.2, 0) is 0 Å². The Hall–Kier alpha value is -2.21. The Balaban J connectivity index is 1.97. The lowest BCUT2D eigenvalue weighted by atomic mass is 9.79. The molecular formula is C18H22N3O3. The van der Waals surface area contributed by atoms with Crippen LogP contribution < -0.4 is 11.1 Å². The Morgan fingerprint density at radius 2 is 1.62 bits per heavy atom. The molecule has 6 nitrogen and oxygen atoms in total. The minimum atomic E-state index is -0.861. The molecule has 1 radical (unpaired) electrons. The SMILES string of the molecule is CC1(C)CC(N2C(=O)c3ccc(C([NH])=O)cc3C2=O)CC(C)(C)N1. The van der Waals surface area contributed by atoms with Crippen LogP contribution in [0.1, 0.15) is 71.6 Å². The van der Waals surface area contributed by atoms with E-state index in [2.05, 4.69) is 33.0 Å². The number of imide groups is 1. The summed E-state index contributed by atoms with van der Waals surface area (Å²) in [6.45, 7) is 8.26. The summed E-state index contributed by atoms with van der Waals surface area (Å²) in [6.07, 6.45) is 1.35. The molecule has 0 spiro atoms. The highest BCUT2D eigenvalue weighted by Gasteiger charge is 2.46. The normalized spacial score (nSPS) is 22.6. The molecule has 3 rings (SSSR count). The minimum absolute atomic E-state index is 0.128. The van der Waals surface area contributed by atoms with Crippen molar-refractivity contribution in [2.24, 2.45) is 0 Å². The fraction of sp³-hybridized carbons (Fsp3) is 0.500. The van der Waals surface area contributed by atoms with Gasteiger partial charge in [-0.1, -0.05) is 0 Å². The van der Waals surface area contributed by atoms with Crippen molar-refractivity contribution in [2.75, 3.05) is 0 Å². The zero-order chi connectivity index (χ0) is 17.9. The molecule has 0 unspecified atom stereocenters. The van der Waals surface area contributed by atoms with Gasteiger partial charge in [0.05, 0.1) is 11.1 Å². The first-order chi connectivity index (χ1) is 11.0. The Morgan fingerprint density at radius 3 is 2.17 bits per heavy atom. The van der Waals surface area contributed by atoms with Gasteiger partial charge >= 0.3 is 0 Å². The lowest BCUT2D eigenvalue weighted by molar-refractivity contribution is 0.0412. The second kappa shape index (κ2) is 5.14. The summed E-state index contributed by atoms with van der Waals surface area (Å²) in [5, 5.41) is 3.54. The third-order valence-corrected chi connectivity index (χ3v) is 4.71. The third kappa shape index (κ3) is 2.71. The van der Waals surface area contributed by atoms with E-state index >= 15 is 0 Å². The van der Waals surface area contributed by atoms with Gasteiger partial charge in [-0.25, -0.2) is 0 Å². The number of carbonyl (C=O) groups is 3. The van der Waals surface area contributed by atoms with Gasteiger partial charge in [0.2, 0.25) is 0 Å². The second-order valence-electron chi connectivity index (χ2n) is 8.02. The monoisotopic (exact) mass is 328 g/mol. The number of piperidine rings is 1. The number of fused-ring (bicyclic) bond motifs is 1. The summed E-state index contributed by atoms with van der Waals surface area (Å²) in [5.41, 5.74) is 7.48. The number of hydrogen-bond acceptors (Lipinski definition) is 4. The Bertz CT molecular complexity index is 736. The first-order valence-corrected chi connectivity index (χ1v) is 8.08. The van der Waals surface area contributed by atoms with Crippen molar-refractivity contribution in [3.05, 3.63) is 34.9 Å². The molecule has 2 aliphatic rings. The molecular weight excluding hydrogens is 306 g/mol. The van der Waals surface area contributed by atoms with Crippen LogP contribution in [0, 0.1) is 0 Å². The van der Waals surface area contributed by atoms with Gasteiger partial charge in [0.25, 0.3) is 17.7 Å². The van der Waals surface area contributed by atoms with Crippen LogP contribution in [-0.4, -0.2) is 39.7 Å². The molecule has 6 heteroatoms. The molecule has 3 amide bonds. The van der Waals surface area contributed by atoms with Crippen molar-refractivity contribution in [1.29, 1.82) is 0 Å². The van der Waals surface area contributed by atoms with E-state index in [9.17, 15) is 14.4 Å². The van der Waals surface area contributed by atoms with E-state index in [0.717, 1.165) is 0 Å². The van der Waals surface area contributed by atoms with Crippen LogP contribution in [0.5, 0.6) is 0 Å².